The van der Waals surface area contributed by atoms with E-state index in [1.54, 1.807) is 0 Å². The first kappa shape index (κ1) is 12.5. The molecule has 0 fully saturated rings. The summed E-state index contributed by atoms with van der Waals surface area (Å²) in [4.78, 5) is 4.07. The first-order valence-corrected chi connectivity index (χ1v) is 5.50. The molecule has 1 aromatic carbocycles. The predicted molar refractivity (Wildman–Crippen MR) is 66.2 cm³/mol. The Bertz CT molecular complexity index is 324. The monoisotopic (exact) mass is 221 g/mol. The Hall–Kier alpha value is -1.55. The summed E-state index contributed by atoms with van der Waals surface area (Å²) in [5.74, 6) is 0.386. The molecule has 16 heavy (non-hydrogen) atoms. The molecule has 0 aliphatic rings. The highest BCUT2D eigenvalue weighted by Crippen LogP contribution is 2.11. The largest absolute Gasteiger partial charge is 0.386 e. The SMILES string of the molecule is CCCNC(N)=NCC(O)c1ccccc1. The second-order valence-corrected chi connectivity index (χ2v) is 3.58. The average Bonchev–Trinajstić information content (AvgIpc) is 2.34. The number of benzene rings is 1. The van der Waals surface area contributed by atoms with Gasteiger partial charge in [0.1, 0.15) is 0 Å². The van der Waals surface area contributed by atoms with Crippen LogP contribution in [0.4, 0.5) is 0 Å². The second kappa shape index (κ2) is 6.85. The molecule has 4 N–H and O–H groups in total. The van der Waals surface area contributed by atoms with E-state index in [1.807, 2.05) is 30.3 Å². The predicted octanol–water partition coefficient (Wildman–Crippen LogP) is 1.03. The number of hydrogen-bond donors (Lipinski definition) is 3. The molecule has 1 aromatic rings. The molecule has 0 spiro atoms. The fourth-order valence-electron chi connectivity index (χ4n) is 1.27. The number of aliphatic hydroxyl groups is 1. The topological polar surface area (TPSA) is 70.6 Å². The summed E-state index contributed by atoms with van der Waals surface area (Å²) in [6.07, 6.45) is 0.403. The first-order chi connectivity index (χ1) is 7.74. The normalized spacial score (nSPS) is 13.5. The highest BCUT2D eigenvalue weighted by Gasteiger charge is 2.05. The third-order valence-corrected chi connectivity index (χ3v) is 2.18. The molecule has 0 bridgehead atoms. The van der Waals surface area contributed by atoms with Crippen LogP contribution in [0.3, 0.4) is 0 Å². The lowest BCUT2D eigenvalue weighted by atomic mass is 10.1. The number of nitrogens with one attached hydrogen (secondary N) is 1. The number of nitrogens with two attached hydrogens (primary N) is 1. The lowest BCUT2D eigenvalue weighted by molar-refractivity contribution is 0.187. The van der Waals surface area contributed by atoms with Crippen LogP contribution in [0.15, 0.2) is 35.3 Å². The van der Waals surface area contributed by atoms with E-state index in [2.05, 4.69) is 17.2 Å². The maximum Gasteiger partial charge on any atom is 0.188 e. The van der Waals surface area contributed by atoms with Crippen molar-refractivity contribution < 1.29 is 5.11 Å². The van der Waals surface area contributed by atoms with E-state index in [-0.39, 0.29) is 6.54 Å². The van der Waals surface area contributed by atoms with Crippen LogP contribution in [0.25, 0.3) is 0 Å². The molecule has 88 valence electrons. The van der Waals surface area contributed by atoms with Crippen molar-refractivity contribution in [1.29, 1.82) is 0 Å². The maximum atomic E-state index is 9.80. The van der Waals surface area contributed by atoms with Crippen LogP contribution in [0.5, 0.6) is 0 Å². The van der Waals surface area contributed by atoms with Gasteiger partial charge < -0.3 is 16.2 Å². The van der Waals surface area contributed by atoms with E-state index in [9.17, 15) is 5.11 Å². The summed E-state index contributed by atoms with van der Waals surface area (Å²) in [7, 11) is 0. The summed E-state index contributed by atoms with van der Waals surface area (Å²) < 4.78 is 0. The molecule has 1 atom stereocenters. The minimum absolute atomic E-state index is 0.284. The quantitative estimate of drug-likeness (QED) is 0.514. The molecule has 0 aliphatic carbocycles. The number of guanidine groups is 1. The highest BCUT2D eigenvalue weighted by molar-refractivity contribution is 5.77. The summed E-state index contributed by atoms with van der Waals surface area (Å²) in [6, 6.07) is 9.43. The Balaban J connectivity index is 2.43. The van der Waals surface area contributed by atoms with E-state index in [0.29, 0.717) is 5.96 Å². The van der Waals surface area contributed by atoms with E-state index in [4.69, 9.17) is 5.73 Å². The van der Waals surface area contributed by atoms with Crippen LogP contribution in [0.2, 0.25) is 0 Å². The van der Waals surface area contributed by atoms with Crippen LogP contribution in [0, 0.1) is 0 Å². The van der Waals surface area contributed by atoms with Crippen molar-refractivity contribution in [3.05, 3.63) is 35.9 Å². The summed E-state index contributed by atoms with van der Waals surface area (Å²) >= 11 is 0. The van der Waals surface area contributed by atoms with Gasteiger partial charge in [0.05, 0.1) is 12.6 Å². The third-order valence-electron chi connectivity index (χ3n) is 2.18. The average molecular weight is 221 g/mol. The van der Waals surface area contributed by atoms with Gasteiger partial charge in [-0.15, -0.1) is 0 Å². The molecule has 4 heteroatoms. The van der Waals surface area contributed by atoms with Crippen molar-refractivity contribution >= 4 is 5.96 Å². The highest BCUT2D eigenvalue weighted by atomic mass is 16.3. The zero-order chi connectivity index (χ0) is 11.8. The second-order valence-electron chi connectivity index (χ2n) is 3.58. The van der Waals surface area contributed by atoms with Gasteiger partial charge in [-0.3, -0.25) is 4.99 Å². The summed E-state index contributed by atoms with van der Waals surface area (Å²) in [6.45, 7) is 3.14. The molecule has 4 nitrogen and oxygen atoms in total. The van der Waals surface area contributed by atoms with Crippen molar-refractivity contribution in [2.24, 2.45) is 10.7 Å². The van der Waals surface area contributed by atoms with Crippen LogP contribution in [0.1, 0.15) is 25.0 Å². The molecule has 1 unspecified atom stereocenters. The van der Waals surface area contributed by atoms with Crippen LogP contribution in [-0.4, -0.2) is 24.2 Å². The Kier molecular flexibility index (Phi) is 5.36. The van der Waals surface area contributed by atoms with E-state index < -0.39 is 6.10 Å². The number of rotatable bonds is 5. The molecular formula is C12H19N3O. The van der Waals surface area contributed by atoms with Crippen molar-refractivity contribution in [3.8, 4) is 0 Å². The minimum Gasteiger partial charge on any atom is -0.386 e. The van der Waals surface area contributed by atoms with E-state index in [0.717, 1.165) is 18.5 Å². The Labute approximate surface area is 96.2 Å². The van der Waals surface area contributed by atoms with Crippen molar-refractivity contribution in [2.45, 2.75) is 19.4 Å². The molecule has 0 aliphatic heterocycles. The van der Waals surface area contributed by atoms with Gasteiger partial charge >= 0.3 is 0 Å². The van der Waals surface area contributed by atoms with Crippen LogP contribution in [-0.2, 0) is 0 Å². The van der Waals surface area contributed by atoms with Crippen molar-refractivity contribution in [1.82, 2.24) is 5.32 Å². The standard InChI is InChI=1S/C12H19N3O/c1-2-8-14-12(13)15-9-11(16)10-6-4-3-5-7-10/h3-7,11,16H,2,8-9H2,1H3,(H3,13,14,15). The van der Waals surface area contributed by atoms with E-state index >= 15 is 0 Å². The minimum atomic E-state index is -0.594. The van der Waals surface area contributed by atoms with Crippen molar-refractivity contribution in [2.75, 3.05) is 13.1 Å². The van der Waals surface area contributed by atoms with Gasteiger partial charge in [-0.2, -0.15) is 0 Å². The Morgan fingerprint density at radius 3 is 2.75 bits per heavy atom. The number of aliphatic hydroxyl groups excluding tert-OH is 1. The van der Waals surface area contributed by atoms with Crippen LogP contribution >= 0.6 is 0 Å². The van der Waals surface area contributed by atoms with Gasteiger partial charge in [0, 0.05) is 6.54 Å². The van der Waals surface area contributed by atoms with Gasteiger partial charge in [0.15, 0.2) is 5.96 Å². The van der Waals surface area contributed by atoms with Gasteiger partial charge in [-0.05, 0) is 12.0 Å². The fourth-order valence-corrected chi connectivity index (χ4v) is 1.27. The van der Waals surface area contributed by atoms with Gasteiger partial charge in [0.2, 0.25) is 0 Å². The number of hydrogen-bond acceptors (Lipinski definition) is 2. The number of nitrogens with zero attached hydrogens (tertiary/aromatic N) is 1. The van der Waals surface area contributed by atoms with Crippen molar-refractivity contribution in [3.63, 3.8) is 0 Å². The summed E-state index contributed by atoms with van der Waals surface area (Å²) in [5, 5.41) is 12.8. The molecule has 0 saturated heterocycles. The van der Waals surface area contributed by atoms with Gasteiger partial charge in [-0.1, -0.05) is 37.3 Å². The molecule has 1 rings (SSSR count). The molecule has 0 radical (unpaired) electrons. The smallest absolute Gasteiger partial charge is 0.188 e. The maximum absolute atomic E-state index is 9.80. The zero-order valence-corrected chi connectivity index (χ0v) is 9.56. The van der Waals surface area contributed by atoms with Crippen LogP contribution < -0.4 is 11.1 Å². The molecule has 0 amide bonds. The first-order valence-electron chi connectivity index (χ1n) is 5.50. The molecule has 0 heterocycles. The molecular weight excluding hydrogens is 202 g/mol. The summed E-state index contributed by atoms with van der Waals surface area (Å²) in [5.41, 5.74) is 6.47. The fraction of sp³-hybridized carbons (Fsp3) is 0.417. The molecule has 0 saturated carbocycles. The zero-order valence-electron chi connectivity index (χ0n) is 9.56. The van der Waals surface area contributed by atoms with Gasteiger partial charge in [-0.25, -0.2) is 0 Å². The molecule has 0 aromatic heterocycles. The Morgan fingerprint density at radius 2 is 2.12 bits per heavy atom. The third kappa shape index (κ3) is 4.31. The lowest BCUT2D eigenvalue weighted by Gasteiger charge is -2.09. The number of aliphatic imine (C=N–C) groups is 1. The lowest BCUT2D eigenvalue weighted by Crippen LogP contribution is -2.32. The Morgan fingerprint density at radius 1 is 1.44 bits per heavy atom. The van der Waals surface area contributed by atoms with Gasteiger partial charge in [0.25, 0.3) is 0 Å². The van der Waals surface area contributed by atoms with E-state index in [1.165, 1.54) is 0 Å².